The molecule has 0 radical (unpaired) electrons. The summed E-state index contributed by atoms with van der Waals surface area (Å²) >= 11 is 3.72. The lowest BCUT2D eigenvalue weighted by Crippen LogP contribution is -2.40. The number of hydrogen-bond acceptors (Lipinski definition) is 5. The van der Waals surface area contributed by atoms with Gasteiger partial charge in [0.1, 0.15) is 6.23 Å². The van der Waals surface area contributed by atoms with E-state index in [1.165, 1.54) is 57.8 Å². The minimum absolute atomic E-state index is 0.0678. The van der Waals surface area contributed by atoms with Crippen LogP contribution in [0.5, 0.6) is 0 Å². The summed E-state index contributed by atoms with van der Waals surface area (Å²) in [4.78, 5) is 33.3. The van der Waals surface area contributed by atoms with Crippen molar-refractivity contribution >= 4 is 29.6 Å². The van der Waals surface area contributed by atoms with Crippen LogP contribution in [-0.4, -0.2) is 46.0 Å². The molecule has 2 atom stereocenters. The third kappa shape index (κ3) is 23.8. The van der Waals surface area contributed by atoms with E-state index in [4.69, 9.17) is 5.11 Å². The maximum absolute atomic E-state index is 11.8. The summed E-state index contributed by atoms with van der Waals surface area (Å²) in [6, 6.07) is -0.489. The van der Waals surface area contributed by atoms with Crippen molar-refractivity contribution in [2.45, 2.75) is 135 Å². The Morgan fingerprint density at radius 2 is 1.15 bits per heavy atom. The number of aliphatic hydroxyl groups excluding tert-OH is 1. The number of aliphatic hydroxyl groups is 1. The molecule has 0 heterocycles. The summed E-state index contributed by atoms with van der Waals surface area (Å²) in [6.07, 6.45) is 17.6. The van der Waals surface area contributed by atoms with Crippen LogP contribution in [0.2, 0.25) is 0 Å². The Hall–Kier alpha value is -1.12. The molecule has 0 spiro atoms. The minimum Gasteiger partial charge on any atom is -0.481 e. The SMILES string of the molecule is C[C@H](NC(O)CCCNC(=O)CCCCCCCCCCCCCCCCC(=O)O)C(=O)S. The highest BCUT2D eigenvalue weighted by Crippen LogP contribution is 2.13. The Kier molecular flexibility index (Phi) is 21.9. The van der Waals surface area contributed by atoms with Gasteiger partial charge in [0.2, 0.25) is 11.0 Å². The highest BCUT2D eigenvalue weighted by atomic mass is 32.1. The Morgan fingerprint density at radius 3 is 1.58 bits per heavy atom. The van der Waals surface area contributed by atoms with Gasteiger partial charge >= 0.3 is 5.97 Å². The fourth-order valence-electron chi connectivity index (χ4n) is 3.74. The van der Waals surface area contributed by atoms with Crippen LogP contribution >= 0.6 is 12.6 Å². The Bertz CT molecular complexity index is 519. The van der Waals surface area contributed by atoms with Crippen molar-refractivity contribution in [3.63, 3.8) is 0 Å². The minimum atomic E-state index is -0.769. The molecular formula is C25H48N2O5S. The first-order valence-electron chi connectivity index (χ1n) is 13.0. The first kappa shape index (κ1) is 31.9. The van der Waals surface area contributed by atoms with Crippen LogP contribution in [0.3, 0.4) is 0 Å². The number of carbonyl (C=O) groups is 3. The molecule has 0 aromatic heterocycles. The van der Waals surface area contributed by atoms with Gasteiger partial charge in [0, 0.05) is 19.4 Å². The predicted molar refractivity (Wildman–Crippen MR) is 136 cm³/mol. The van der Waals surface area contributed by atoms with Crippen molar-refractivity contribution in [3.05, 3.63) is 0 Å². The molecule has 1 unspecified atom stereocenters. The van der Waals surface area contributed by atoms with Gasteiger partial charge < -0.3 is 15.5 Å². The second-order valence-corrected chi connectivity index (χ2v) is 9.52. The van der Waals surface area contributed by atoms with Crippen molar-refractivity contribution < 1.29 is 24.6 Å². The molecule has 0 saturated carbocycles. The van der Waals surface area contributed by atoms with Gasteiger partial charge in [-0.3, -0.25) is 19.7 Å². The molecule has 194 valence electrons. The summed E-state index contributed by atoms with van der Waals surface area (Å²) in [5.74, 6) is -0.618. The average molecular weight is 489 g/mol. The molecule has 0 aromatic carbocycles. The molecule has 4 N–H and O–H groups in total. The quantitative estimate of drug-likeness (QED) is 0.0745. The lowest BCUT2D eigenvalue weighted by atomic mass is 10.0. The highest BCUT2D eigenvalue weighted by Gasteiger charge is 2.12. The fourth-order valence-corrected chi connectivity index (χ4v) is 3.81. The van der Waals surface area contributed by atoms with Crippen LogP contribution in [0.4, 0.5) is 0 Å². The number of amides is 1. The molecule has 0 aromatic rings. The van der Waals surface area contributed by atoms with E-state index in [0.29, 0.717) is 32.2 Å². The van der Waals surface area contributed by atoms with Gasteiger partial charge in [-0.1, -0.05) is 77.0 Å². The third-order valence-electron chi connectivity index (χ3n) is 5.83. The van der Waals surface area contributed by atoms with Crippen molar-refractivity contribution in [2.75, 3.05) is 6.54 Å². The lowest BCUT2D eigenvalue weighted by molar-refractivity contribution is -0.137. The van der Waals surface area contributed by atoms with Crippen molar-refractivity contribution in [3.8, 4) is 0 Å². The van der Waals surface area contributed by atoms with Gasteiger partial charge in [-0.2, -0.15) is 0 Å². The van der Waals surface area contributed by atoms with E-state index in [2.05, 4.69) is 23.3 Å². The second kappa shape index (κ2) is 22.7. The van der Waals surface area contributed by atoms with Gasteiger partial charge in [-0.25, -0.2) is 0 Å². The van der Waals surface area contributed by atoms with Gasteiger partial charge in [-0.05, 0) is 32.6 Å². The summed E-state index contributed by atoms with van der Waals surface area (Å²) < 4.78 is 0. The van der Waals surface area contributed by atoms with Crippen LogP contribution in [-0.2, 0) is 14.4 Å². The normalized spacial score (nSPS) is 12.9. The molecule has 0 fully saturated rings. The first-order valence-corrected chi connectivity index (χ1v) is 13.4. The van der Waals surface area contributed by atoms with Crippen molar-refractivity contribution in [1.29, 1.82) is 0 Å². The standard InChI is InChI=1S/C25H48N2O5S/c1-21(25(32)33)27-23(29)18-16-20-26-22(28)17-14-12-10-8-6-4-2-3-5-7-9-11-13-15-19-24(30)31/h21,23,27,29H,2-20H2,1H3,(H,26,28)(H,30,31)(H,32,33)/t21-,23?/m0/s1. The first-order chi connectivity index (χ1) is 15.8. The van der Waals surface area contributed by atoms with E-state index in [1.54, 1.807) is 6.92 Å². The van der Waals surface area contributed by atoms with Crippen LogP contribution < -0.4 is 10.6 Å². The number of carboxylic acid groups (broad SMARTS) is 1. The zero-order valence-corrected chi connectivity index (χ0v) is 21.6. The van der Waals surface area contributed by atoms with Crippen LogP contribution in [0.15, 0.2) is 0 Å². The maximum Gasteiger partial charge on any atom is 0.303 e. The lowest BCUT2D eigenvalue weighted by Gasteiger charge is -2.16. The summed E-state index contributed by atoms with van der Waals surface area (Å²) in [5, 5.41) is 23.7. The van der Waals surface area contributed by atoms with E-state index >= 15 is 0 Å². The molecule has 0 aliphatic heterocycles. The van der Waals surface area contributed by atoms with Crippen molar-refractivity contribution in [1.82, 2.24) is 10.6 Å². The number of hydrogen-bond donors (Lipinski definition) is 5. The van der Waals surface area contributed by atoms with E-state index in [1.807, 2.05) is 0 Å². The number of thiol groups is 1. The Labute approximate surface area is 206 Å². The molecule has 33 heavy (non-hydrogen) atoms. The zero-order valence-electron chi connectivity index (χ0n) is 20.7. The van der Waals surface area contributed by atoms with Gasteiger partial charge in [0.15, 0.2) is 0 Å². The molecule has 0 rings (SSSR count). The van der Waals surface area contributed by atoms with E-state index in [9.17, 15) is 19.5 Å². The van der Waals surface area contributed by atoms with Gasteiger partial charge in [0.25, 0.3) is 0 Å². The summed E-state index contributed by atoms with van der Waals surface area (Å²) in [6.45, 7) is 2.19. The molecular weight excluding hydrogens is 440 g/mol. The summed E-state index contributed by atoms with van der Waals surface area (Å²) in [7, 11) is 0. The largest absolute Gasteiger partial charge is 0.481 e. The number of nitrogens with one attached hydrogen (secondary N) is 2. The van der Waals surface area contributed by atoms with Gasteiger partial charge in [0.05, 0.1) is 6.04 Å². The Balaban J connectivity index is 3.30. The maximum atomic E-state index is 11.8. The number of carboxylic acids is 1. The van der Waals surface area contributed by atoms with E-state index in [-0.39, 0.29) is 11.0 Å². The third-order valence-corrected chi connectivity index (χ3v) is 6.22. The summed E-state index contributed by atoms with van der Waals surface area (Å²) in [5.41, 5.74) is 0. The van der Waals surface area contributed by atoms with Crippen molar-refractivity contribution in [2.24, 2.45) is 0 Å². The molecule has 7 nitrogen and oxygen atoms in total. The topological polar surface area (TPSA) is 116 Å². The highest BCUT2D eigenvalue weighted by molar-refractivity contribution is 7.96. The molecule has 0 saturated heterocycles. The number of unbranched alkanes of at least 4 members (excludes halogenated alkanes) is 13. The van der Waals surface area contributed by atoms with Crippen LogP contribution in [0.1, 0.15) is 122 Å². The molecule has 0 bridgehead atoms. The molecule has 0 aliphatic rings. The van der Waals surface area contributed by atoms with Crippen LogP contribution in [0.25, 0.3) is 0 Å². The second-order valence-electron chi connectivity index (χ2n) is 9.08. The number of rotatable bonds is 24. The fraction of sp³-hybridized carbons (Fsp3) is 0.880. The zero-order chi connectivity index (χ0) is 24.7. The number of carbonyl (C=O) groups excluding carboxylic acids is 2. The van der Waals surface area contributed by atoms with E-state index in [0.717, 1.165) is 32.1 Å². The average Bonchev–Trinajstić information content (AvgIpc) is 2.76. The van der Waals surface area contributed by atoms with Crippen LogP contribution in [0, 0.1) is 0 Å². The molecule has 0 aliphatic carbocycles. The monoisotopic (exact) mass is 488 g/mol. The Morgan fingerprint density at radius 1 is 0.727 bits per heavy atom. The molecule has 8 heteroatoms. The number of aliphatic carboxylic acids is 1. The molecule has 1 amide bonds. The van der Waals surface area contributed by atoms with E-state index < -0.39 is 18.2 Å². The predicted octanol–water partition coefficient (Wildman–Crippen LogP) is 4.96. The smallest absolute Gasteiger partial charge is 0.303 e. The van der Waals surface area contributed by atoms with Gasteiger partial charge in [-0.15, -0.1) is 12.6 Å².